The molecule has 2 aromatic carbocycles. The Bertz CT molecular complexity index is 1060. The number of thiophene rings is 1. The minimum Gasteiger partial charge on any atom is -0.462 e. The largest absolute Gasteiger partial charge is 0.462 e. The van der Waals surface area contributed by atoms with E-state index in [1.54, 1.807) is 0 Å². The van der Waals surface area contributed by atoms with Gasteiger partial charge in [0, 0.05) is 9.77 Å². The first-order chi connectivity index (χ1) is 15.7. The summed E-state index contributed by atoms with van der Waals surface area (Å²) in [6.07, 6.45) is 4.75. The molecule has 0 fully saturated rings. The van der Waals surface area contributed by atoms with Gasteiger partial charge >= 0.3 is 5.97 Å². The Morgan fingerprint density at radius 2 is 1.72 bits per heavy atom. The van der Waals surface area contributed by atoms with E-state index in [0.29, 0.717) is 17.2 Å². The smallest absolute Gasteiger partial charge is 0.341 e. The van der Waals surface area contributed by atoms with Crippen LogP contribution in [0.25, 0.3) is 0 Å². The van der Waals surface area contributed by atoms with E-state index >= 15 is 0 Å². The number of aryl methyl sites for hydroxylation is 1. The molecule has 0 bridgehead atoms. The molecule has 1 N–H and O–H groups in total. The molecule has 4 rings (SSSR count). The monoisotopic (exact) mass is 465 g/mol. The second-order valence-electron chi connectivity index (χ2n) is 7.76. The number of ether oxygens (including phenoxy) is 1. The molecule has 1 amide bonds. The predicted molar refractivity (Wildman–Crippen MR) is 132 cm³/mol. The van der Waals surface area contributed by atoms with Gasteiger partial charge in [0.25, 0.3) is 0 Å². The van der Waals surface area contributed by atoms with Gasteiger partial charge in [0.2, 0.25) is 5.91 Å². The molecule has 0 radical (unpaired) electrons. The third kappa shape index (κ3) is 5.25. The third-order valence-electron chi connectivity index (χ3n) is 5.39. The van der Waals surface area contributed by atoms with Gasteiger partial charge in [-0.25, -0.2) is 4.79 Å². The molecule has 0 aliphatic heterocycles. The van der Waals surface area contributed by atoms with Crippen molar-refractivity contribution in [3.63, 3.8) is 0 Å². The Morgan fingerprint density at radius 3 is 2.44 bits per heavy atom. The molecule has 32 heavy (non-hydrogen) atoms. The molecule has 1 aliphatic rings. The summed E-state index contributed by atoms with van der Waals surface area (Å²) < 4.78 is 5.48. The zero-order valence-electron chi connectivity index (χ0n) is 18.1. The topological polar surface area (TPSA) is 55.4 Å². The van der Waals surface area contributed by atoms with Crippen molar-refractivity contribution in [2.24, 2.45) is 0 Å². The third-order valence-corrected chi connectivity index (χ3v) is 7.86. The first-order valence-corrected chi connectivity index (χ1v) is 12.8. The lowest BCUT2D eigenvalue weighted by molar-refractivity contribution is -0.115. The fourth-order valence-corrected chi connectivity index (χ4v) is 6.18. The molecular formula is C26H27NO3S2. The number of rotatable bonds is 8. The number of carbonyl (C=O) groups is 2. The highest BCUT2D eigenvalue weighted by Gasteiger charge is 2.29. The van der Waals surface area contributed by atoms with E-state index in [2.05, 4.69) is 5.32 Å². The summed E-state index contributed by atoms with van der Waals surface area (Å²) in [6.45, 7) is 2.36. The van der Waals surface area contributed by atoms with Crippen LogP contribution >= 0.6 is 23.1 Å². The van der Waals surface area contributed by atoms with Gasteiger partial charge in [-0.3, -0.25) is 4.79 Å². The van der Waals surface area contributed by atoms with Gasteiger partial charge in [0.15, 0.2) is 0 Å². The minimum atomic E-state index is -0.433. The van der Waals surface area contributed by atoms with Crippen LogP contribution in [0.15, 0.2) is 65.6 Å². The normalized spacial score (nSPS) is 13.8. The maximum atomic E-state index is 13.5. The number of anilines is 1. The summed E-state index contributed by atoms with van der Waals surface area (Å²) in [5.74, 6) is -0.457. The second-order valence-corrected chi connectivity index (χ2v) is 10.0. The van der Waals surface area contributed by atoms with E-state index in [1.165, 1.54) is 28.0 Å². The SMILES string of the molecule is CCCOC(=O)c1c(NC(=O)[C@@H](Sc2ccccc2)c2ccccc2)sc2c1CCCC2. The van der Waals surface area contributed by atoms with Gasteiger partial charge in [-0.15, -0.1) is 23.1 Å². The zero-order valence-corrected chi connectivity index (χ0v) is 19.8. The lowest BCUT2D eigenvalue weighted by Gasteiger charge is -2.17. The predicted octanol–water partition coefficient (Wildman–Crippen LogP) is 6.67. The van der Waals surface area contributed by atoms with Gasteiger partial charge in [-0.2, -0.15) is 0 Å². The number of nitrogens with one attached hydrogen (secondary N) is 1. The first-order valence-electron chi connectivity index (χ1n) is 11.1. The molecule has 0 saturated carbocycles. The van der Waals surface area contributed by atoms with Crippen molar-refractivity contribution in [3.8, 4) is 0 Å². The Kier molecular flexibility index (Phi) is 7.66. The van der Waals surface area contributed by atoms with Crippen LogP contribution in [-0.4, -0.2) is 18.5 Å². The molecule has 0 spiro atoms. The summed E-state index contributed by atoms with van der Waals surface area (Å²) in [6, 6.07) is 19.7. The molecule has 1 aliphatic carbocycles. The van der Waals surface area contributed by atoms with Crippen LogP contribution in [0.1, 0.15) is 57.8 Å². The van der Waals surface area contributed by atoms with Crippen molar-refractivity contribution in [1.29, 1.82) is 0 Å². The lowest BCUT2D eigenvalue weighted by Crippen LogP contribution is -2.20. The summed E-state index contributed by atoms with van der Waals surface area (Å²) in [5, 5.41) is 3.29. The summed E-state index contributed by atoms with van der Waals surface area (Å²) in [5.41, 5.74) is 2.54. The number of amides is 1. The Morgan fingerprint density at radius 1 is 1.03 bits per heavy atom. The number of esters is 1. The quantitative estimate of drug-likeness (QED) is 0.298. The van der Waals surface area contributed by atoms with Gasteiger partial charge in [0.05, 0.1) is 12.2 Å². The summed E-state index contributed by atoms with van der Waals surface area (Å²) >= 11 is 3.04. The molecule has 0 saturated heterocycles. The van der Waals surface area contributed by atoms with Crippen LogP contribution in [0.5, 0.6) is 0 Å². The molecule has 166 valence electrons. The van der Waals surface area contributed by atoms with Crippen molar-refractivity contribution in [2.75, 3.05) is 11.9 Å². The highest BCUT2D eigenvalue weighted by molar-refractivity contribution is 8.00. The van der Waals surface area contributed by atoms with Gasteiger partial charge in [-0.1, -0.05) is 55.5 Å². The zero-order chi connectivity index (χ0) is 22.3. The van der Waals surface area contributed by atoms with E-state index in [4.69, 9.17) is 4.74 Å². The van der Waals surface area contributed by atoms with Crippen molar-refractivity contribution in [2.45, 2.75) is 49.2 Å². The number of fused-ring (bicyclic) bond motifs is 1. The highest BCUT2D eigenvalue weighted by atomic mass is 32.2. The standard InChI is InChI=1S/C26H27NO3S2/c1-2-17-30-26(29)22-20-15-9-10-16-21(20)32-25(22)27-24(28)23(18-11-5-3-6-12-18)31-19-13-7-4-8-14-19/h3-8,11-14,23H,2,9-10,15-17H2,1H3,(H,27,28)/t23-/m0/s1. The van der Waals surface area contributed by atoms with E-state index < -0.39 is 5.25 Å². The van der Waals surface area contributed by atoms with Crippen LogP contribution in [0.4, 0.5) is 5.00 Å². The van der Waals surface area contributed by atoms with Crippen LogP contribution in [0.2, 0.25) is 0 Å². The van der Waals surface area contributed by atoms with E-state index in [9.17, 15) is 9.59 Å². The summed E-state index contributed by atoms with van der Waals surface area (Å²) in [4.78, 5) is 28.7. The Balaban J connectivity index is 1.64. The Hall–Kier alpha value is -2.57. The maximum absolute atomic E-state index is 13.5. The fourth-order valence-electron chi connectivity index (χ4n) is 3.85. The van der Waals surface area contributed by atoms with Crippen molar-refractivity contribution >= 4 is 40.0 Å². The van der Waals surface area contributed by atoms with Crippen molar-refractivity contribution in [3.05, 3.63) is 82.2 Å². The molecule has 6 heteroatoms. The van der Waals surface area contributed by atoms with Crippen LogP contribution in [-0.2, 0) is 22.4 Å². The summed E-state index contributed by atoms with van der Waals surface area (Å²) in [7, 11) is 0. The average molecular weight is 466 g/mol. The van der Waals surface area contributed by atoms with Crippen LogP contribution in [0, 0.1) is 0 Å². The molecule has 3 aromatic rings. The molecule has 1 atom stereocenters. The lowest BCUT2D eigenvalue weighted by atomic mass is 9.95. The van der Waals surface area contributed by atoms with Gasteiger partial charge < -0.3 is 10.1 Å². The fraction of sp³-hybridized carbons (Fsp3) is 0.308. The van der Waals surface area contributed by atoms with E-state index in [0.717, 1.165) is 48.1 Å². The van der Waals surface area contributed by atoms with Crippen LogP contribution < -0.4 is 5.32 Å². The molecule has 1 heterocycles. The molecule has 0 unspecified atom stereocenters. The maximum Gasteiger partial charge on any atom is 0.341 e. The average Bonchev–Trinajstić information content (AvgIpc) is 3.20. The number of benzene rings is 2. The van der Waals surface area contributed by atoms with Crippen LogP contribution in [0.3, 0.4) is 0 Å². The number of carbonyl (C=O) groups excluding carboxylic acids is 2. The van der Waals surface area contributed by atoms with E-state index in [-0.39, 0.29) is 11.9 Å². The second kappa shape index (κ2) is 10.8. The van der Waals surface area contributed by atoms with Crippen molar-refractivity contribution in [1.82, 2.24) is 0 Å². The van der Waals surface area contributed by atoms with Gasteiger partial charge in [-0.05, 0) is 55.4 Å². The Labute approximate surface area is 197 Å². The van der Waals surface area contributed by atoms with Gasteiger partial charge in [0.1, 0.15) is 10.3 Å². The molecule has 1 aromatic heterocycles. The molecular weight excluding hydrogens is 438 g/mol. The van der Waals surface area contributed by atoms with E-state index in [1.807, 2.05) is 67.6 Å². The highest BCUT2D eigenvalue weighted by Crippen LogP contribution is 2.41. The first kappa shape index (κ1) is 22.6. The number of hydrogen-bond donors (Lipinski definition) is 1. The minimum absolute atomic E-state index is 0.131. The van der Waals surface area contributed by atoms with Crippen molar-refractivity contribution < 1.29 is 14.3 Å². The number of hydrogen-bond acceptors (Lipinski definition) is 5. The number of thioether (sulfide) groups is 1. The molecule has 4 nitrogen and oxygen atoms in total.